The molecule has 0 saturated heterocycles. The Bertz CT molecular complexity index is 1660. The number of carbonyl (C=O) groups excluding carboxylic acids is 1. The van der Waals surface area contributed by atoms with E-state index in [1.54, 1.807) is 16.7 Å². The predicted octanol–water partition coefficient (Wildman–Crippen LogP) is 2.63. The molecule has 3 heterocycles. The summed E-state index contributed by atoms with van der Waals surface area (Å²) in [4.78, 5) is 42.6. The van der Waals surface area contributed by atoms with Crippen LogP contribution in [-0.2, 0) is 23.1 Å². The number of imidazole rings is 2. The molecule has 5 rings (SSSR count). The molecule has 0 atom stereocenters. The van der Waals surface area contributed by atoms with Gasteiger partial charge in [0.15, 0.2) is 11.2 Å². The molecule has 0 saturated carbocycles. The van der Waals surface area contributed by atoms with E-state index in [4.69, 9.17) is 11.6 Å². The number of ether oxygens (including phenoxy) is 1. The van der Waals surface area contributed by atoms with Crippen molar-refractivity contribution in [2.45, 2.75) is 6.54 Å². The second-order valence-electron chi connectivity index (χ2n) is 7.43. The molecular weight excluding hydrogens is 446 g/mol. The maximum atomic E-state index is 13.3. The Balaban J connectivity index is 1.93. The summed E-state index contributed by atoms with van der Waals surface area (Å²) < 4.78 is 10.2. The number of esters is 1. The summed E-state index contributed by atoms with van der Waals surface area (Å²) in [5.74, 6) is -0.298. The van der Waals surface area contributed by atoms with Crippen LogP contribution < -0.4 is 11.2 Å². The van der Waals surface area contributed by atoms with Crippen molar-refractivity contribution in [1.82, 2.24) is 23.1 Å². The molecule has 9 nitrogen and oxygen atoms in total. The van der Waals surface area contributed by atoms with Crippen molar-refractivity contribution in [2.24, 2.45) is 7.05 Å². The highest BCUT2D eigenvalue weighted by Crippen LogP contribution is 2.31. The molecule has 0 fully saturated rings. The Labute approximate surface area is 191 Å². The molecule has 33 heavy (non-hydrogen) atoms. The Morgan fingerprint density at radius 3 is 2.45 bits per heavy atom. The zero-order valence-corrected chi connectivity index (χ0v) is 18.5. The Hall–Kier alpha value is -4.11. The van der Waals surface area contributed by atoms with E-state index in [-0.39, 0.29) is 11.2 Å². The first-order valence-corrected chi connectivity index (χ1v) is 10.4. The van der Waals surface area contributed by atoms with E-state index in [9.17, 15) is 14.4 Å². The molecule has 0 aliphatic heterocycles. The van der Waals surface area contributed by atoms with Gasteiger partial charge in [-0.2, -0.15) is 4.98 Å². The van der Waals surface area contributed by atoms with Gasteiger partial charge in [-0.25, -0.2) is 9.36 Å². The van der Waals surface area contributed by atoms with Crippen molar-refractivity contribution in [3.63, 3.8) is 0 Å². The standard InChI is InChI=1S/C23H18ClN5O4/c1-26-20-19(21(31)28(23(26)32)13-18(30)33-2)27-12-17(14-8-4-3-5-9-14)29(22(27)25-20)16-11-7-6-10-15(16)24/h3-12H,13H2,1-2H3. The quantitative estimate of drug-likeness (QED) is 0.382. The van der Waals surface area contributed by atoms with Crippen LogP contribution in [0, 0.1) is 0 Å². The lowest BCUT2D eigenvalue weighted by Crippen LogP contribution is -2.41. The number of para-hydroxylation sites is 1. The van der Waals surface area contributed by atoms with Gasteiger partial charge in [0.2, 0.25) is 5.78 Å². The van der Waals surface area contributed by atoms with Crippen molar-refractivity contribution in [1.29, 1.82) is 0 Å². The van der Waals surface area contributed by atoms with E-state index in [0.717, 1.165) is 15.8 Å². The van der Waals surface area contributed by atoms with Crippen molar-refractivity contribution in [3.8, 4) is 16.9 Å². The SMILES string of the molecule is COC(=O)Cn1c(=O)c2c(nc3n(-c4ccccc4Cl)c(-c4ccccc4)cn23)n(C)c1=O. The minimum Gasteiger partial charge on any atom is -0.468 e. The summed E-state index contributed by atoms with van der Waals surface area (Å²) in [6.07, 6.45) is 1.78. The largest absolute Gasteiger partial charge is 0.468 e. The minimum absolute atomic E-state index is 0.166. The van der Waals surface area contributed by atoms with Crippen LogP contribution in [0.4, 0.5) is 0 Å². The molecular formula is C23H18ClN5O4. The number of benzene rings is 2. The number of aryl methyl sites for hydroxylation is 1. The van der Waals surface area contributed by atoms with Gasteiger partial charge in [-0.15, -0.1) is 0 Å². The van der Waals surface area contributed by atoms with Crippen molar-refractivity contribution < 1.29 is 9.53 Å². The second-order valence-corrected chi connectivity index (χ2v) is 7.84. The summed E-state index contributed by atoms with van der Waals surface area (Å²) in [6.45, 7) is -0.498. The average molecular weight is 464 g/mol. The molecule has 0 amide bonds. The van der Waals surface area contributed by atoms with Gasteiger partial charge in [0, 0.05) is 18.8 Å². The summed E-state index contributed by atoms with van der Waals surface area (Å²) in [5.41, 5.74) is 1.37. The van der Waals surface area contributed by atoms with Gasteiger partial charge in [-0.3, -0.25) is 23.1 Å². The van der Waals surface area contributed by atoms with Crippen LogP contribution in [0.2, 0.25) is 5.02 Å². The molecule has 0 spiro atoms. The predicted molar refractivity (Wildman–Crippen MR) is 124 cm³/mol. The van der Waals surface area contributed by atoms with Crippen molar-refractivity contribution in [2.75, 3.05) is 7.11 Å². The van der Waals surface area contributed by atoms with E-state index >= 15 is 0 Å². The number of hydrogen-bond donors (Lipinski definition) is 0. The van der Waals surface area contributed by atoms with Gasteiger partial charge in [0.1, 0.15) is 6.54 Å². The maximum Gasteiger partial charge on any atom is 0.333 e. The first-order chi connectivity index (χ1) is 15.9. The van der Waals surface area contributed by atoms with Gasteiger partial charge in [0.25, 0.3) is 5.56 Å². The number of halogens is 1. The molecule has 10 heteroatoms. The zero-order chi connectivity index (χ0) is 23.3. The molecule has 0 aliphatic rings. The lowest BCUT2D eigenvalue weighted by molar-refractivity contribution is -0.141. The number of methoxy groups -OCH3 is 1. The lowest BCUT2D eigenvalue weighted by atomic mass is 10.1. The van der Waals surface area contributed by atoms with Crippen LogP contribution in [0.15, 0.2) is 70.4 Å². The molecule has 166 valence electrons. The summed E-state index contributed by atoms with van der Waals surface area (Å²) in [6, 6.07) is 16.9. The third-order valence-electron chi connectivity index (χ3n) is 5.53. The average Bonchev–Trinajstić information content (AvgIpc) is 3.38. The number of fused-ring (bicyclic) bond motifs is 3. The first kappa shape index (κ1) is 20.8. The normalized spacial score (nSPS) is 11.4. The van der Waals surface area contributed by atoms with Crippen LogP contribution in [-0.4, -0.2) is 36.2 Å². The fourth-order valence-electron chi connectivity index (χ4n) is 3.91. The molecule has 0 N–H and O–H groups in total. The third-order valence-corrected chi connectivity index (χ3v) is 5.85. The second kappa shape index (κ2) is 7.79. The third kappa shape index (κ3) is 3.16. The highest BCUT2D eigenvalue weighted by Gasteiger charge is 2.24. The van der Waals surface area contributed by atoms with E-state index < -0.39 is 23.8 Å². The summed E-state index contributed by atoms with van der Waals surface area (Å²) >= 11 is 6.53. The van der Waals surface area contributed by atoms with E-state index in [0.29, 0.717) is 16.5 Å². The van der Waals surface area contributed by atoms with Crippen molar-refractivity contribution >= 4 is 34.5 Å². The van der Waals surface area contributed by atoms with Crippen LogP contribution in [0.3, 0.4) is 0 Å². The number of carbonyl (C=O) groups is 1. The molecule has 0 radical (unpaired) electrons. The molecule has 0 bridgehead atoms. The maximum absolute atomic E-state index is 13.3. The first-order valence-electron chi connectivity index (χ1n) is 10.0. The van der Waals surface area contributed by atoms with E-state index in [2.05, 4.69) is 9.72 Å². The highest BCUT2D eigenvalue weighted by molar-refractivity contribution is 6.32. The number of rotatable bonds is 4. The van der Waals surface area contributed by atoms with Gasteiger partial charge in [-0.1, -0.05) is 54.1 Å². The van der Waals surface area contributed by atoms with Gasteiger partial charge in [-0.05, 0) is 12.1 Å². The number of hydrogen-bond acceptors (Lipinski definition) is 5. The summed E-state index contributed by atoms with van der Waals surface area (Å²) in [5, 5.41) is 0.497. The Morgan fingerprint density at radius 2 is 1.76 bits per heavy atom. The minimum atomic E-state index is -0.701. The molecule has 0 aliphatic carbocycles. The highest BCUT2D eigenvalue weighted by atomic mass is 35.5. The van der Waals surface area contributed by atoms with Crippen LogP contribution >= 0.6 is 11.6 Å². The van der Waals surface area contributed by atoms with Crippen LogP contribution in [0.1, 0.15) is 0 Å². The summed E-state index contributed by atoms with van der Waals surface area (Å²) in [7, 11) is 2.70. The Morgan fingerprint density at radius 1 is 1.06 bits per heavy atom. The van der Waals surface area contributed by atoms with E-state index in [1.165, 1.54) is 18.7 Å². The fourth-order valence-corrected chi connectivity index (χ4v) is 4.13. The lowest BCUT2D eigenvalue weighted by Gasteiger charge is -2.10. The monoisotopic (exact) mass is 463 g/mol. The topological polar surface area (TPSA) is 92.5 Å². The van der Waals surface area contributed by atoms with E-state index in [1.807, 2.05) is 53.1 Å². The fraction of sp³-hybridized carbons (Fsp3) is 0.130. The van der Waals surface area contributed by atoms with Gasteiger partial charge >= 0.3 is 11.7 Å². The molecule has 5 aromatic rings. The molecule has 2 aromatic carbocycles. The van der Waals surface area contributed by atoms with Crippen LogP contribution in [0.5, 0.6) is 0 Å². The smallest absolute Gasteiger partial charge is 0.333 e. The number of nitrogens with zero attached hydrogens (tertiary/aromatic N) is 5. The molecule has 0 unspecified atom stereocenters. The number of aromatic nitrogens is 5. The van der Waals surface area contributed by atoms with Gasteiger partial charge in [0.05, 0.1) is 23.5 Å². The van der Waals surface area contributed by atoms with Gasteiger partial charge < -0.3 is 4.74 Å². The van der Waals surface area contributed by atoms with Crippen LogP contribution in [0.25, 0.3) is 33.9 Å². The zero-order valence-electron chi connectivity index (χ0n) is 17.7. The Kier molecular flexibility index (Phi) is 4.90. The molecule has 3 aromatic heterocycles. The van der Waals surface area contributed by atoms with Crippen molar-refractivity contribution in [3.05, 3.63) is 86.7 Å².